The Morgan fingerprint density at radius 1 is 1.39 bits per heavy atom. The van der Waals surface area contributed by atoms with Crippen LogP contribution < -0.4 is 11.1 Å². The van der Waals surface area contributed by atoms with Gasteiger partial charge in [-0.3, -0.25) is 4.79 Å². The molecule has 0 unspecified atom stereocenters. The number of nitrogens with one attached hydrogen (secondary N) is 1. The second-order valence-electron chi connectivity index (χ2n) is 3.51. The van der Waals surface area contributed by atoms with Crippen LogP contribution in [0.1, 0.15) is 15.9 Å². The normalized spacial score (nSPS) is 10.1. The minimum absolute atomic E-state index is 0.268. The molecule has 0 bridgehead atoms. The summed E-state index contributed by atoms with van der Waals surface area (Å²) in [6.45, 7) is 0. The number of nitrogens with two attached hydrogens (primary N) is 1. The fourth-order valence-corrected chi connectivity index (χ4v) is 1.95. The highest BCUT2D eigenvalue weighted by atomic mass is 79.9. The van der Waals surface area contributed by atoms with Crippen LogP contribution in [0.25, 0.3) is 0 Å². The molecular formula is C12H9BrN2O2S. The van der Waals surface area contributed by atoms with Crippen molar-refractivity contribution in [2.75, 3.05) is 5.32 Å². The zero-order valence-electron chi connectivity index (χ0n) is 9.14. The third kappa shape index (κ3) is 2.77. The largest absolute Gasteiger partial charge is 0.457 e. The molecular weight excluding hydrogens is 316 g/mol. The number of carbonyl (C=O) groups excluding carboxylic acids is 1. The van der Waals surface area contributed by atoms with E-state index in [4.69, 9.17) is 22.4 Å². The van der Waals surface area contributed by atoms with E-state index < -0.39 is 0 Å². The Hall–Kier alpha value is -1.66. The first-order valence-electron chi connectivity index (χ1n) is 5.02. The van der Waals surface area contributed by atoms with Crippen molar-refractivity contribution in [1.82, 2.24) is 0 Å². The molecule has 1 amide bonds. The summed E-state index contributed by atoms with van der Waals surface area (Å²) in [5.74, 6) is -0.268. The highest BCUT2D eigenvalue weighted by Gasteiger charge is 2.12. The number of furan rings is 1. The monoisotopic (exact) mass is 324 g/mol. The van der Waals surface area contributed by atoms with Crippen LogP contribution >= 0.6 is 28.1 Å². The van der Waals surface area contributed by atoms with E-state index in [0.717, 1.165) is 0 Å². The molecule has 2 rings (SSSR count). The molecule has 1 heterocycles. The van der Waals surface area contributed by atoms with Crippen LogP contribution in [0.15, 0.2) is 45.7 Å². The molecule has 0 radical (unpaired) electrons. The second-order valence-corrected chi connectivity index (χ2v) is 4.67. The first-order valence-corrected chi connectivity index (χ1v) is 6.22. The average molecular weight is 325 g/mol. The van der Waals surface area contributed by atoms with Gasteiger partial charge in [0.2, 0.25) is 0 Å². The standard InChI is InChI=1S/C12H9BrN2O2S/c13-10-9(4-5-17-10)12(16)15-8-3-1-2-7(6-8)11(14)18/h1-6H,(H2,14,18)(H,15,16). The van der Waals surface area contributed by atoms with Gasteiger partial charge in [-0.15, -0.1) is 0 Å². The number of anilines is 1. The molecule has 0 saturated heterocycles. The maximum atomic E-state index is 11.9. The predicted molar refractivity (Wildman–Crippen MR) is 76.7 cm³/mol. The van der Waals surface area contributed by atoms with Gasteiger partial charge in [-0.05, 0) is 34.1 Å². The lowest BCUT2D eigenvalue weighted by atomic mass is 10.2. The number of halogens is 1. The summed E-state index contributed by atoms with van der Waals surface area (Å²) in [6, 6.07) is 8.61. The Morgan fingerprint density at radius 3 is 2.78 bits per heavy atom. The minimum Gasteiger partial charge on any atom is -0.457 e. The fourth-order valence-electron chi connectivity index (χ4n) is 1.40. The van der Waals surface area contributed by atoms with Gasteiger partial charge in [-0.1, -0.05) is 24.4 Å². The zero-order chi connectivity index (χ0) is 13.1. The van der Waals surface area contributed by atoms with E-state index in [1.54, 1.807) is 30.3 Å². The smallest absolute Gasteiger partial charge is 0.260 e. The van der Waals surface area contributed by atoms with E-state index in [-0.39, 0.29) is 10.9 Å². The average Bonchev–Trinajstić information content (AvgIpc) is 2.76. The van der Waals surface area contributed by atoms with Crippen molar-refractivity contribution in [3.05, 3.63) is 52.4 Å². The molecule has 1 aromatic carbocycles. The van der Waals surface area contributed by atoms with E-state index >= 15 is 0 Å². The van der Waals surface area contributed by atoms with Crippen LogP contribution in [0.5, 0.6) is 0 Å². The Morgan fingerprint density at radius 2 is 2.17 bits per heavy atom. The number of hydrogen-bond acceptors (Lipinski definition) is 3. The maximum absolute atomic E-state index is 11.9. The number of benzene rings is 1. The zero-order valence-corrected chi connectivity index (χ0v) is 11.5. The molecule has 18 heavy (non-hydrogen) atoms. The van der Waals surface area contributed by atoms with E-state index in [1.165, 1.54) is 6.26 Å². The van der Waals surface area contributed by atoms with Crippen molar-refractivity contribution in [2.24, 2.45) is 5.73 Å². The fraction of sp³-hybridized carbons (Fsp3) is 0. The van der Waals surface area contributed by atoms with Crippen LogP contribution in [-0.2, 0) is 0 Å². The van der Waals surface area contributed by atoms with Crippen LogP contribution in [0, 0.1) is 0 Å². The molecule has 3 N–H and O–H groups in total. The predicted octanol–water partition coefficient (Wildman–Crippen LogP) is 2.93. The lowest BCUT2D eigenvalue weighted by molar-refractivity contribution is 0.102. The van der Waals surface area contributed by atoms with Crippen LogP contribution in [0.3, 0.4) is 0 Å². The summed E-state index contributed by atoms with van der Waals surface area (Å²) in [5, 5.41) is 2.74. The van der Waals surface area contributed by atoms with Crippen molar-refractivity contribution in [1.29, 1.82) is 0 Å². The molecule has 6 heteroatoms. The molecule has 2 aromatic rings. The molecule has 1 aromatic heterocycles. The number of carbonyl (C=O) groups is 1. The first-order chi connectivity index (χ1) is 8.58. The number of thiocarbonyl (C=S) groups is 1. The van der Waals surface area contributed by atoms with Gasteiger partial charge < -0.3 is 15.5 Å². The van der Waals surface area contributed by atoms with Gasteiger partial charge >= 0.3 is 0 Å². The highest BCUT2D eigenvalue weighted by molar-refractivity contribution is 9.10. The van der Waals surface area contributed by atoms with E-state index in [0.29, 0.717) is 21.5 Å². The maximum Gasteiger partial charge on any atom is 0.260 e. The summed E-state index contributed by atoms with van der Waals surface area (Å²) in [5.41, 5.74) is 7.28. The van der Waals surface area contributed by atoms with Crippen LogP contribution in [-0.4, -0.2) is 10.9 Å². The number of hydrogen-bond donors (Lipinski definition) is 2. The molecule has 0 spiro atoms. The van der Waals surface area contributed by atoms with Crippen LogP contribution in [0.4, 0.5) is 5.69 Å². The summed E-state index contributed by atoms with van der Waals surface area (Å²) in [4.78, 5) is 12.2. The summed E-state index contributed by atoms with van der Waals surface area (Å²) >= 11 is 8.03. The number of amides is 1. The van der Waals surface area contributed by atoms with Gasteiger partial charge in [0, 0.05) is 11.3 Å². The lowest BCUT2D eigenvalue weighted by Gasteiger charge is -2.05. The third-order valence-corrected chi connectivity index (χ3v) is 3.12. The molecule has 0 aliphatic rings. The Balaban J connectivity index is 2.20. The molecule has 0 atom stereocenters. The van der Waals surface area contributed by atoms with E-state index in [9.17, 15) is 4.79 Å². The molecule has 0 aliphatic heterocycles. The molecule has 0 aliphatic carbocycles. The van der Waals surface area contributed by atoms with E-state index in [2.05, 4.69) is 21.2 Å². The Kier molecular flexibility index (Phi) is 3.78. The summed E-state index contributed by atoms with van der Waals surface area (Å²) in [6.07, 6.45) is 1.43. The minimum atomic E-state index is -0.268. The first kappa shape index (κ1) is 12.8. The van der Waals surface area contributed by atoms with Gasteiger partial charge in [0.05, 0.1) is 11.8 Å². The van der Waals surface area contributed by atoms with Crippen molar-refractivity contribution in [3.8, 4) is 0 Å². The van der Waals surface area contributed by atoms with Gasteiger partial charge in [0.25, 0.3) is 5.91 Å². The lowest BCUT2D eigenvalue weighted by Crippen LogP contribution is -2.13. The molecule has 0 saturated carbocycles. The molecule has 92 valence electrons. The van der Waals surface area contributed by atoms with Crippen molar-refractivity contribution in [3.63, 3.8) is 0 Å². The highest BCUT2D eigenvalue weighted by Crippen LogP contribution is 2.19. The quantitative estimate of drug-likeness (QED) is 0.852. The van der Waals surface area contributed by atoms with Crippen molar-refractivity contribution >= 4 is 44.7 Å². The molecule has 4 nitrogen and oxygen atoms in total. The summed E-state index contributed by atoms with van der Waals surface area (Å²) in [7, 11) is 0. The van der Waals surface area contributed by atoms with Gasteiger partial charge in [0.1, 0.15) is 4.99 Å². The van der Waals surface area contributed by atoms with E-state index in [1.807, 2.05) is 0 Å². The van der Waals surface area contributed by atoms with Crippen molar-refractivity contribution in [2.45, 2.75) is 0 Å². The SMILES string of the molecule is NC(=S)c1cccc(NC(=O)c2ccoc2Br)c1. The van der Waals surface area contributed by atoms with Gasteiger partial charge in [-0.25, -0.2) is 0 Å². The molecule has 0 fully saturated rings. The summed E-state index contributed by atoms with van der Waals surface area (Å²) < 4.78 is 5.39. The van der Waals surface area contributed by atoms with Gasteiger partial charge in [0.15, 0.2) is 4.67 Å². The third-order valence-electron chi connectivity index (χ3n) is 2.27. The number of rotatable bonds is 3. The second kappa shape index (κ2) is 5.32. The van der Waals surface area contributed by atoms with Crippen molar-refractivity contribution < 1.29 is 9.21 Å². The topological polar surface area (TPSA) is 68.3 Å². The van der Waals surface area contributed by atoms with Gasteiger partial charge in [-0.2, -0.15) is 0 Å². The Labute approximate surface area is 117 Å². The van der Waals surface area contributed by atoms with Crippen LogP contribution in [0.2, 0.25) is 0 Å². The Bertz CT molecular complexity index is 610.